The first kappa shape index (κ1) is 17.0. The number of carbonyl (C=O) groups is 1. The third-order valence-electron chi connectivity index (χ3n) is 3.66. The highest BCUT2D eigenvalue weighted by Gasteiger charge is 2.41. The molecule has 0 unspecified atom stereocenters. The van der Waals surface area contributed by atoms with Crippen LogP contribution in [-0.4, -0.2) is 17.0 Å². The van der Waals surface area contributed by atoms with Gasteiger partial charge in [-0.15, -0.1) is 0 Å². The van der Waals surface area contributed by atoms with Gasteiger partial charge in [0.25, 0.3) is 0 Å². The van der Waals surface area contributed by atoms with Crippen LogP contribution in [0.15, 0.2) is 29.4 Å². The number of benzene rings is 1. The number of hydrogen-bond acceptors (Lipinski definition) is 3. The van der Waals surface area contributed by atoms with Gasteiger partial charge >= 0.3 is 0 Å². The lowest BCUT2D eigenvalue weighted by molar-refractivity contribution is -0.123. The fraction of sp³-hybridized carbons (Fsp3) is 0.500. The highest BCUT2D eigenvalue weighted by molar-refractivity contribution is 6.11. The van der Waals surface area contributed by atoms with Crippen molar-refractivity contribution in [2.45, 2.75) is 46.5 Å². The van der Waals surface area contributed by atoms with Gasteiger partial charge in [-0.25, -0.2) is 0 Å². The Labute approximate surface area is 126 Å². The summed E-state index contributed by atoms with van der Waals surface area (Å²) in [4.78, 5) is 12.7. The van der Waals surface area contributed by atoms with Gasteiger partial charge < -0.3 is 16.3 Å². The van der Waals surface area contributed by atoms with Crippen molar-refractivity contribution in [3.05, 3.63) is 29.8 Å². The smallest absolute Gasteiger partial charge is 0.238 e. The molecule has 0 aromatic heterocycles. The second-order valence-electron chi connectivity index (χ2n) is 5.39. The lowest BCUT2D eigenvalue weighted by atomic mass is 9.77. The molecule has 1 aromatic carbocycles. The first-order chi connectivity index (χ1) is 10.00. The van der Waals surface area contributed by atoms with Crippen LogP contribution in [0.1, 0.15) is 45.1 Å². The van der Waals surface area contributed by atoms with E-state index in [0.717, 1.165) is 24.1 Å². The zero-order valence-corrected chi connectivity index (χ0v) is 13.0. The molecule has 1 amide bonds. The number of hydrogen-bond donors (Lipinski definition) is 3. The summed E-state index contributed by atoms with van der Waals surface area (Å²) < 4.78 is 0. The largest absolute Gasteiger partial charge is 0.409 e. The average Bonchev–Trinajstić information content (AvgIpc) is 2.46. The molecule has 5 heteroatoms. The minimum atomic E-state index is -0.956. The van der Waals surface area contributed by atoms with E-state index >= 15 is 0 Å². The molecule has 0 aliphatic heterocycles. The summed E-state index contributed by atoms with van der Waals surface area (Å²) >= 11 is 0. The van der Waals surface area contributed by atoms with Gasteiger partial charge in [0.2, 0.25) is 5.91 Å². The summed E-state index contributed by atoms with van der Waals surface area (Å²) in [6.07, 6.45) is 2.65. The fourth-order valence-corrected chi connectivity index (χ4v) is 2.65. The van der Waals surface area contributed by atoms with Crippen LogP contribution in [0.25, 0.3) is 0 Å². The second-order valence-corrected chi connectivity index (χ2v) is 5.39. The Morgan fingerprint density at radius 2 is 1.95 bits per heavy atom. The van der Waals surface area contributed by atoms with Gasteiger partial charge in [0.15, 0.2) is 5.84 Å². The molecule has 4 N–H and O–H groups in total. The molecule has 0 heterocycles. The van der Waals surface area contributed by atoms with E-state index in [-0.39, 0.29) is 11.7 Å². The molecular formula is C16H25N3O2. The zero-order chi connectivity index (χ0) is 15.9. The molecular weight excluding hydrogens is 266 g/mol. The van der Waals surface area contributed by atoms with Crippen molar-refractivity contribution in [3.8, 4) is 0 Å². The van der Waals surface area contributed by atoms with Crippen LogP contribution in [0.3, 0.4) is 0 Å². The number of aryl methyl sites for hydroxylation is 1. The Kier molecular flexibility index (Phi) is 6.21. The van der Waals surface area contributed by atoms with Gasteiger partial charge in [-0.3, -0.25) is 4.79 Å². The number of carbonyl (C=O) groups excluding carboxylic acids is 1. The Balaban J connectivity index is 3.09. The van der Waals surface area contributed by atoms with E-state index in [1.807, 2.05) is 45.0 Å². The highest BCUT2D eigenvalue weighted by Crippen LogP contribution is 2.32. The van der Waals surface area contributed by atoms with E-state index in [4.69, 9.17) is 10.9 Å². The van der Waals surface area contributed by atoms with Crippen molar-refractivity contribution in [1.82, 2.24) is 0 Å². The van der Waals surface area contributed by atoms with Gasteiger partial charge in [-0.1, -0.05) is 44.0 Å². The van der Waals surface area contributed by atoms with E-state index in [2.05, 4.69) is 10.5 Å². The maximum atomic E-state index is 12.7. The standard InChI is InChI=1S/C16H25N3O2/c1-4-9-16(10-5-2,14(17)19-21)15(20)18-13-8-6-7-12(3)11-13/h6-8,11,21H,4-5,9-10H2,1-3H3,(H2,17,19)(H,18,20). The number of amidine groups is 1. The Bertz CT molecular complexity index is 506. The summed E-state index contributed by atoms with van der Waals surface area (Å²) in [5.41, 5.74) is 6.68. The van der Waals surface area contributed by atoms with E-state index in [1.165, 1.54) is 0 Å². The summed E-state index contributed by atoms with van der Waals surface area (Å²) in [6, 6.07) is 7.58. The van der Waals surface area contributed by atoms with Gasteiger partial charge in [0.1, 0.15) is 5.41 Å². The molecule has 0 spiro atoms. The number of rotatable bonds is 7. The normalized spacial score (nSPS) is 12.2. The minimum Gasteiger partial charge on any atom is -0.409 e. The lowest BCUT2D eigenvalue weighted by Gasteiger charge is -2.30. The average molecular weight is 291 g/mol. The molecule has 1 aromatic rings. The first-order valence-corrected chi connectivity index (χ1v) is 7.36. The van der Waals surface area contributed by atoms with Crippen LogP contribution in [0.2, 0.25) is 0 Å². The van der Waals surface area contributed by atoms with Crippen molar-refractivity contribution >= 4 is 17.4 Å². The summed E-state index contributed by atoms with van der Waals surface area (Å²) in [6.45, 7) is 5.93. The van der Waals surface area contributed by atoms with E-state index < -0.39 is 5.41 Å². The van der Waals surface area contributed by atoms with Crippen LogP contribution < -0.4 is 11.1 Å². The summed E-state index contributed by atoms with van der Waals surface area (Å²) in [7, 11) is 0. The molecule has 0 saturated heterocycles. The second kappa shape index (κ2) is 7.67. The molecule has 0 aliphatic carbocycles. The molecule has 0 bridgehead atoms. The van der Waals surface area contributed by atoms with Gasteiger partial charge in [0.05, 0.1) is 0 Å². The molecule has 1 rings (SSSR count). The van der Waals surface area contributed by atoms with Crippen molar-refractivity contribution in [2.75, 3.05) is 5.32 Å². The maximum Gasteiger partial charge on any atom is 0.238 e. The van der Waals surface area contributed by atoms with Gasteiger partial charge in [0, 0.05) is 5.69 Å². The molecule has 0 aliphatic rings. The predicted molar refractivity (Wildman–Crippen MR) is 85.5 cm³/mol. The van der Waals surface area contributed by atoms with Crippen LogP contribution in [-0.2, 0) is 4.79 Å². The third kappa shape index (κ3) is 3.97. The van der Waals surface area contributed by atoms with Crippen LogP contribution in [0.4, 0.5) is 5.69 Å². The van der Waals surface area contributed by atoms with E-state index in [0.29, 0.717) is 12.8 Å². The number of nitrogens with zero attached hydrogens (tertiary/aromatic N) is 1. The Morgan fingerprint density at radius 1 is 1.33 bits per heavy atom. The molecule has 0 radical (unpaired) electrons. The number of oxime groups is 1. The minimum absolute atomic E-state index is 0.0173. The lowest BCUT2D eigenvalue weighted by Crippen LogP contribution is -2.47. The predicted octanol–water partition coefficient (Wildman–Crippen LogP) is 3.27. The Hall–Kier alpha value is -2.04. The number of nitrogens with one attached hydrogen (secondary N) is 1. The molecule has 5 nitrogen and oxygen atoms in total. The zero-order valence-electron chi connectivity index (χ0n) is 13.0. The monoisotopic (exact) mass is 291 g/mol. The first-order valence-electron chi connectivity index (χ1n) is 7.36. The van der Waals surface area contributed by atoms with Gasteiger partial charge in [-0.05, 0) is 37.5 Å². The van der Waals surface area contributed by atoms with E-state index in [1.54, 1.807) is 0 Å². The quantitative estimate of drug-likeness (QED) is 0.312. The number of anilines is 1. The molecule has 0 atom stereocenters. The molecule has 21 heavy (non-hydrogen) atoms. The van der Waals surface area contributed by atoms with Gasteiger partial charge in [-0.2, -0.15) is 0 Å². The number of amides is 1. The van der Waals surface area contributed by atoms with Crippen LogP contribution in [0, 0.1) is 12.3 Å². The van der Waals surface area contributed by atoms with Crippen molar-refractivity contribution in [1.29, 1.82) is 0 Å². The molecule has 116 valence electrons. The third-order valence-corrected chi connectivity index (χ3v) is 3.66. The SMILES string of the molecule is CCCC(CCC)(C(=O)Nc1cccc(C)c1)C(N)=NO. The topological polar surface area (TPSA) is 87.7 Å². The number of nitrogens with two attached hydrogens (primary N) is 1. The summed E-state index contributed by atoms with van der Waals surface area (Å²) in [5, 5.41) is 15.1. The fourth-order valence-electron chi connectivity index (χ4n) is 2.65. The molecule has 0 fully saturated rings. The van der Waals surface area contributed by atoms with Crippen molar-refractivity contribution < 1.29 is 10.0 Å². The van der Waals surface area contributed by atoms with Crippen LogP contribution in [0.5, 0.6) is 0 Å². The van der Waals surface area contributed by atoms with Crippen LogP contribution >= 0.6 is 0 Å². The Morgan fingerprint density at radius 3 is 2.43 bits per heavy atom. The molecule has 0 saturated carbocycles. The van der Waals surface area contributed by atoms with E-state index in [9.17, 15) is 4.79 Å². The summed E-state index contributed by atoms with van der Waals surface area (Å²) in [5.74, 6) is -0.233. The maximum absolute atomic E-state index is 12.7. The highest BCUT2D eigenvalue weighted by atomic mass is 16.4. The van der Waals surface area contributed by atoms with Crippen molar-refractivity contribution in [2.24, 2.45) is 16.3 Å². The van der Waals surface area contributed by atoms with Crippen molar-refractivity contribution in [3.63, 3.8) is 0 Å².